The van der Waals surface area contributed by atoms with Crippen molar-refractivity contribution in [2.24, 2.45) is 5.92 Å². The Morgan fingerprint density at radius 2 is 1.82 bits per heavy atom. The van der Waals surface area contributed by atoms with Crippen LogP contribution in [0.5, 0.6) is 0 Å². The molecule has 202 valence electrons. The molecule has 4 aliphatic rings. The van der Waals surface area contributed by atoms with E-state index in [9.17, 15) is 19.5 Å². The number of carbonyl (C=O) groups is 3. The minimum absolute atomic E-state index is 0.0398. The maximum atomic E-state index is 13.5. The number of aliphatic hydroxyl groups excluding tert-OH is 1. The predicted octanol–water partition coefficient (Wildman–Crippen LogP) is 2.41. The molecule has 3 unspecified atom stereocenters. The first-order valence-electron chi connectivity index (χ1n) is 13.2. The monoisotopic (exact) mass is 545 g/mol. The zero-order chi connectivity index (χ0) is 27.1. The molecule has 4 heterocycles. The van der Waals surface area contributed by atoms with Gasteiger partial charge in [-0.15, -0.1) is 0 Å². The highest BCUT2D eigenvalue weighted by Crippen LogP contribution is 2.48. The minimum atomic E-state index is -0.730. The number of rotatable bonds is 5. The summed E-state index contributed by atoms with van der Waals surface area (Å²) in [5, 5.41) is 19.8. The third kappa shape index (κ3) is 4.84. The highest BCUT2D eigenvalue weighted by molar-refractivity contribution is 8.04. The van der Waals surface area contributed by atoms with Gasteiger partial charge in [0.05, 0.1) is 22.4 Å². The van der Waals surface area contributed by atoms with Gasteiger partial charge in [0, 0.05) is 36.4 Å². The fourth-order valence-corrected chi connectivity index (χ4v) is 7.50. The van der Waals surface area contributed by atoms with Crippen LogP contribution in [0.2, 0.25) is 0 Å². The van der Waals surface area contributed by atoms with E-state index < -0.39 is 12.1 Å². The van der Waals surface area contributed by atoms with E-state index in [-0.39, 0.29) is 41.7 Å². The third-order valence-corrected chi connectivity index (χ3v) is 9.20. The summed E-state index contributed by atoms with van der Waals surface area (Å²) in [6.45, 7) is 4.77. The molecule has 10 heteroatoms. The summed E-state index contributed by atoms with van der Waals surface area (Å²) in [6.07, 6.45) is 1.60. The lowest BCUT2D eigenvalue weighted by atomic mass is 9.86. The molecule has 5 atom stereocenters. The van der Waals surface area contributed by atoms with Crippen molar-refractivity contribution >= 4 is 35.3 Å². The quantitative estimate of drug-likeness (QED) is 0.429. The van der Waals surface area contributed by atoms with Gasteiger partial charge in [0.2, 0.25) is 5.91 Å². The number of hydrogen-bond donors (Lipinski definition) is 4. The lowest BCUT2D eigenvalue weighted by Crippen LogP contribution is -2.62. The molecule has 9 nitrogen and oxygen atoms in total. The number of benzene rings is 2. The van der Waals surface area contributed by atoms with Crippen molar-refractivity contribution in [2.45, 2.75) is 36.4 Å². The Morgan fingerprint density at radius 1 is 1.08 bits per heavy atom. The molecular weight excluding hydrogens is 514 g/mol. The van der Waals surface area contributed by atoms with Gasteiger partial charge in [-0.1, -0.05) is 60.8 Å². The molecule has 4 aliphatic heterocycles. The van der Waals surface area contributed by atoms with Crippen LogP contribution in [0.1, 0.15) is 12.8 Å². The van der Waals surface area contributed by atoms with Gasteiger partial charge in [-0.2, -0.15) is 0 Å². The second-order valence-electron chi connectivity index (χ2n) is 10.3. The van der Waals surface area contributed by atoms with Gasteiger partial charge in [0.25, 0.3) is 5.91 Å². The SMILES string of the molecule is C=CC(=O)N1C[C@H](O)C[C@@H](NC(=O)C2=C3NC(=O)N(c4ccc(-c5ccccc5)cc4)C4CCNC(S2)C34)C1. The Morgan fingerprint density at radius 3 is 2.56 bits per heavy atom. The van der Waals surface area contributed by atoms with E-state index in [4.69, 9.17) is 0 Å². The largest absolute Gasteiger partial charge is 0.391 e. The zero-order valence-electron chi connectivity index (χ0n) is 21.4. The van der Waals surface area contributed by atoms with E-state index in [0.717, 1.165) is 29.8 Å². The van der Waals surface area contributed by atoms with Crippen molar-refractivity contribution in [3.63, 3.8) is 0 Å². The molecule has 4 N–H and O–H groups in total. The van der Waals surface area contributed by atoms with E-state index in [2.05, 4.69) is 34.7 Å². The Labute approximate surface area is 231 Å². The van der Waals surface area contributed by atoms with Crippen LogP contribution in [0.25, 0.3) is 11.1 Å². The van der Waals surface area contributed by atoms with Gasteiger partial charge in [-0.3, -0.25) is 14.5 Å². The van der Waals surface area contributed by atoms with Crippen molar-refractivity contribution in [1.29, 1.82) is 0 Å². The maximum absolute atomic E-state index is 13.5. The number of carbonyl (C=O) groups excluding carboxylic acids is 3. The standard InChI is InChI=1S/C29H31N5O4S/c1-2-23(36)33-15-19(14-21(35)16-33)31-27(37)26-25-24-22(12-13-30-28(24)39-26)34(29(38)32-25)20-10-8-18(9-11-20)17-6-4-3-5-7-17/h2-11,19,21-22,24,28,30,35H,1,12-16H2,(H,31,37)(H,32,38)/t19-,21-,22?,24?,28?/m1/s1. The molecule has 0 radical (unpaired) electrons. The first-order chi connectivity index (χ1) is 18.9. The summed E-state index contributed by atoms with van der Waals surface area (Å²) in [5.41, 5.74) is 3.67. The summed E-state index contributed by atoms with van der Waals surface area (Å²) < 4.78 is 0. The number of likely N-dealkylation sites (tertiary alicyclic amines) is 1. The van der Waals surface area contributed by atoms with Crippen molar-refractivity contribution in [3.05, 3.63) is 77.9 Å². The Hall–Kier alpha value is -3.60. The molecule has 2 aromatic rings. The van der Waals surface area contributed by atoms with E-state index >= 15 is 0 Å². The summed E-state index contributed by atoms with van der Waals surface area (Å²) in [7, 11) is 0. The number of aliphatic hydroxyl groups is 1. The molecule has 0 bridgehead atoms. The molecule has 4 amide bonds. The van der Waals surface area contributed by atoms with Crippen LogP contribution < -0.4 is 20.9 Å². The lowest BCUT2D eigenvalue weighted by molar-refractivity contribution is -0.130. The molecule has 0 aliphatic carbocycles. The van der Waals surface area contributed by atoms with Gasteiger partial charge in [0.1, 0.15) is 0 Å². The average molecular weight is 546 g/mol. The fourth-order valence-electron chi connectivity index (χ4n) is 6.10. The van der Waals surface area contributed by atoms with Gasteiger partial charge in [0.15, 0.2) is 0 Å². The number of piperidine rings is 2. The highest BCUT2D eigenvalue weighted by Gasteiger charge is 2.51. The number of anilines is 1. The minimum Gasteiger partial charge on any atom is -0.391 e. The number of thioether (sulfide) groups is 1. The van der Waals surface area contributed by atoms with Crippen LogP contribution in [-0.4, -0.2) is 71.0 Å². The highest BCUT2D eigenvalue weighted by atomic mass is 32.2. The summed E-state index contributed by atoms with van der Waals surface area (Å²) in [6, 6.07) is 17.4. The van der Waals surface area contributed by atoms with Crippen molar-refractivity contribution in [3.8, 4) is 11.1 Å². The Kier molecular flexibility index (Phi) is 6.92. The molecule has 0 saturated carbocycles. The molecule has 39 heavy (non-hydrogen) atoms. The molecular formula is C29H31N5O4S. The van der Waals surface area contributed by atoms with Crippen molar-refractivity contribution < 1.29 is 19.5 Å². The molecule has 6 rings (SSSR count). The second kappa shape index (κ2) is 10.5. The third-order valence-electron chi connectivity index (χ3n) is 7.85. The van der Waals surface area contributed by atoms with E-state index in [0.29, 0.717) is 23.6 Å². The summed E-state index contributed by atoms with van der Waals surface area (Å²) in [5.74, 6) is -0.637. The average Bonchev–Trinajstić information content (AvgIpc) is 3.32. The van der Waals surface area contributed by atoms with E-state index in [1.54, 1.807) is 0 Å². The van der Waals surface area contributed by atoms with E-state index in [1.807, 2.05) is 47.4 Å². The van der Waals surface area contributed by atoms with Crippen LogP contribution in [0, 0.1) is 5.92 Å². The van der Waals surface area contributed by atoms with Crippen LogP contribution in [0.3, 0.4) is 0 Å². The predicted molar refractivity (Wildman–Crippen MR) is 151 cm³/mol. The lowest BCUT2D eigenvalue weighted by Gasteiger charge is -2.45. The fraction of sp³-hybridized carbons (Fsp3) is 0.345. The number of β-amino-alcohol motifs (C(OH)–C–C–N with tert-alkyl or cyclic N) is 1. The summed E-state index contributed by atoms with van der Waals surface area (Å²) >= 11 is 1.43. The molecule has 3 saturated heterocycles. The molecule has 3 fully saturated rings. The summed E-state index contributed by atoms with van der Waals surface area (Å²) in [4.78, 5) is 42.8. The number of urea groups is 1. The first-order valence-corrected chi connectivity index (χ1v) is 14.1. The van der Waals surface area contributed by atoms with Gasteiger partial charge < -0.3 is 26.0 Å². The smallest absolute Gasteiger partial charge is 0.326 e. The molecule has 0 aromatic heterocycles. The van der Waals surface area contributed by atoms with Crippen LogP contribution in [-0.2, 0) is 9.59 Å². The second-order valence-corrected chi connectivity index (χ2v) is 11.5. The first kappa shape index (κ1) is 25.7. The number of nitrogens with one attached hydrogen (secondary N) is 3. The van der Waals surface area contributed by atoms with Gasteiger partial charge in [-0.25, -0.2) is 4.79 Å². The zero-order valence-corrected chi connectivity index (χ0v) is 22.2. The topological polar surface area (TPSA) is 114 Å². The van der Waals surface area contributed by atoms with Crippen LogP contribution >= 0.6 is 11.8 Å². The number of amides is 4. The van der Waals surface area contributed by atoms with Gasteiger partial charge in [-0.05, 0) is 48.7 Å². The Balaban J connectivity index is 1.22. The molecule has 0 spiro atoms. The normalized spacial score (nSPS) is 28.0. The number of hydrogen-bond acceptors (Lipinski definition) is 6. The van der Waals surface area contributed by atoms with Crippen LogP contribution in [0.15, 0.2) is 77.9 Å². The maximum Gasteiger partial charge on any atom is 0.326 e. The van der Waals surface area contributed by atoms with Crippen LogP contribution in [0.4, 0.5) is 10.5 Å². The van der Waals surface area contributed by atoms with Gasteiger partial charge >= 0.3 is 6.03 Å². The number of nitrogens with zero attached hydrogens (tertiary/aromatic N) is 2. The Bertz CT molecular complexity index is 1330. The van der Waals surface area contributed by atoms with Crippen molar-refractivity contribution in [2.75, 3.05) is 24.5 Å². The van der Waals surface area contributed by atoms with E-state index in [1.165, 1.54) is 22.7 Å². The molecule has 2 aromatic carbocycles. The van der Waals surface area contributed by atoms with Crippen molar-refractivity contribution in [1.82, 2.24) is 20.9 Å².